The molecular formula is C18H18N2O3S. The summed E-state index contributed by atoms with van der Waals surface area (Å²) in [5.74, 6) is -0.287. The number of aliphatic carboxylic acids is 1. The molecular weight excluding hydrogens is 324 g/mol. The first-order chi connectivity index (χ1) is 11.4. The summed E-state index contributed by atoms with van der Waals surface area (Å²) in [6.45, 7) is 1.98. The molecule has 2 aromatic rings. The summed E-state index contributed by atoms with van der Waals surface area (Å²) in [5.41, 5.74) is 8.54. The lowest BCUT2D eigenvalue weighted by molar-refractivity contribution is -0.131. The third-order valence-electron chi connectivity index (χ3n) is 3.07. The summed E-state index contributed by atoms with van der Waals surface area (Å²) in [7, 11) is 1.64. The molecule has 0 bridgehead atoms. The van der Waals surface area contributed by atoms with Crippen molar-refractivity contribution in [3.63, 3.8) is 0 Å². The van der Waals surface area contributed by atoms with Crippen LogP contribution >= 0.6 is 12.6 Å². The highest BCUT2D eigenvalue weighted by molar-refractivity contribution is 7.85. The van der Waals surface area contributed by atoms with Crippen LogP contribution in [0.25, 0.3) is 11.1 Å². The molecule has 0 spiro atoms. The lowest BCUT2D eigenvalue weighted by Crippen LogP contribution is -1.96. The van der Waals surface area contributed by atoms with Crippen LogP contribution in [0, 0.1) is 18.3 Å². The molecule has 3 N–H and O–H groups in total. The van der Waals surface area contributed by atoms with Crippen molar-refractivity contribution in [2.45, 2.75) is 6.92 Å². The lowest BCUT2D eigenvalue weighted by Gasteiger charge is -2.06. The number of thiol groups is 1. The van der Waals surface area contributed by atoms with E-state index >= 15 is 0 Å². The van der Waals surface area contributed by atoms with Gasteiger partial charge in [0.05, 0.1) is 18.7 Å². The highest BCUT2D eigenvalue weighted by Gasteiger charge is 2.05. The number of nitrogens with zero attached hydrogens (tertiary/aromatic N) is 1. The molecule has 5 nitrogen and oxygen atoms in total. The molecule has 0 saturated carbocycles. The lowest BCUT2D eigenvalue weighted by atomic mass is 9.98. The Morgan fingerprint density at radius 2 is 1.92 bits per heavy atom. The highest BCUT2D eigenvalue weighted by atomic mass is 32.1. The van der Waals surface area contributed by atoms with E-state index in [1.165, 1.54) is 0 Å². The number of benzene rings is 2. The van der Waals surface area contributed by atoms with Gasteiger partial charge in [-0.25, -0.2) is 4.79 Å². The molecule has 6 heteroatoms. The zero-order valence-electron chi connectivity index (χ0n) is 13.4. The van der Waals surface area contributed by atoms with Crippen LogP contribution in [0.4, 0.5) is 0 Å². The quantitative estimate of drug-likeness (QED) is 0.587. The van der Waals surface area contributed by atoms with Crippen molar-refractivity contribution < 1.29 is 14.6 Å². The van der Waals surface area contributed by atoms with Crippen molar-refractivity contribution in [3.05, 3.63) is 64.7 Å². The molecule has 0 unspecified atom stereocenters. The first kappa shape index (κ1) is 19.1. The molecule has 0 amide bonds. The molecule has 0 aliphatic rings. The molecule has 0 radical (unpaired) electrons. The topological polar surface area (TPSA) is 96.3 Å². The third-order valence-corrected chi connectivity index (χ3v) is 3.41. The van der Waals surface area contributed by atoms with E-state index in [0.29, 0.717) is 5.56 Å². The van der Waals surface area contributed by atoms with E-state index in [2.05, 4.69) is 18.7 Å². The number of methoxy groups -OCH3 is 1. The van der Waals surface area contributed by atoms with Gasteiger partial charge in [0.15, 0.2) is 0 Å². The van der Waals surface area contributed by atoms with E-state index in [4.69, 9.17) is 20.8 Å². The Hall–Kier alpha value is -2.91. The minimum absolute atomic E-state index is 0.139. The Balaban J connectivity index is 0.000000351. The van der Waals surface area contributed by atoms with Gasteiger partial charge in [0.2, 0.25) is 0 Å². The summed E-state index contributed by atoms with van der Waals surface area (Å²) >= 11 is 3.46. The Bertz CT molecular complexity index is 778. The normalized spacial score (nSPS) is 10.2. The molecule has 0 aliphatic heterocycles. The number of hydrogen-bond acceptors (Lipinski definition) is 5. The van der Waals surface area contributed by atoms with Gasteiger partial charge in [0.1, 0.15) is 10.7 Å². The zero-order chi connectivity index (χ0) is 18.1. The number of carboxylic acids is 1. The standard InChI is InChI=1S/C15H13NO.C3H5NO2S/c1-11-3-8-15(13(9-11)10-16)12-4-6-14(17-2)7-5-12;4-1-2(7)3(5)6/h3-9H,1-2H3;1,7H,4H2,(H,5,6)/b;2-1-. The number of nitriles is 1. The van der Waals surface area contributed by atoms with Gasteiger partial charge in [0.25, 0.3) is 0 Å². The molecule has 2 aromatic carbocycles. The van der Waals surface area contributed by atoms with Gasteiger partial charge in [-0.1, -0.05) is 24.3 Å². The first-order valence-corrected chi connectivity index (χ1v) is 7.37. The fourth-order valence-corrected chi connectivity index (χ4v) is 1.84. The monoisotopic (exact) mass is 342 g/mol. The van der Waals surface area contributed by atoms with Crippen molar-refractivity contribution in [2.75, 3.05) is 7.11 Å². The summed E-state index contributed by atoms with van der Waals surface area (Å²) in [6, 6.07) is 15.9. The number of ether oxygens (including phenoxy) is 1. The molecule has 0 aliphatic carbocycles. The number of hydrogen-bond donors (Lipinski definition) is 3. The first-order valence-electron chi connectivity index (χ1n) is 6.92. The minimum Gasteiger partial charge on any atom is -0.497 e. The Morgan fingerprint density at radius 1 is 1.29 bits per heavy atom. The van der Waals surface area contributed by atoms with E-state index in [0.717, 1.165) is 28.6 Å². The van der Waals surface area contributed by atoms with Gasteiger partial charge in [-0.3, -0.25) is 0 Å². The second-order valence-electron chi connectivity index (χ2n) is 4.75. The van der Waals surface area contributed by atoms with E-state index in [1.54, 1.807) is 7.11 Å². The Labute approximate surface area is 146 Å². The number of nitrogens with two attached hydrogens (primary N) is 1. The van der Waals surface area contributed by atoms with Gasteiger partial charge in [-0.2, -0.15) is 5.26 Å². The van der Waals surface area contributed by atoms with Gasteiger partial charge >= 0.3 is 5.97 Å². The molecule has 0 aromatic heterocycles. The Kier molecular flexibility index (Phi) is 7.40. The van der Waals surface area contributed by atoms with E-state index in [1.807, 2.05) is 49.4 Å². The van der Waals surface area contributed by atoms with Crippen molar-refractivity contribution in [2.24, 2.45) is 5.73 Å². The van der Waals surface area contributed by atoms with E-state index < -0.39 is 5.97 Å². The SMILES string of the molecule is COc1ccc(-c2ccc(C)cc2C#N)cc1.N/C=C(\S)C(=O)O. The fourth-order valence-electron chi connectivity index (χ4n) is 1.84. The van der Waals surface area contributed by atoms with Crippen LogP contribution in [-0.4, -0.2) is 18.2 Å². The number of carboxylic acid groups (broad SMARTS) is 1. The van der Waals surface area contributed by atoms with Gasteiger partial charge < -0.3 is 15.6 Å². The molecule has 0 saturated heterocycles. The Morgan fingerprint density at radius 3 is 2.33 bits per heavy atom. The van der Waals surface area contributed by atoms with E-state index in [-0.39, 0.29) is 4.91 Å². The van der Waals surface area contributed by atoms with Crippen LogP contribution < -0.4 is 10.5 Å². The predicted molar refractivity (Wildman–Crippen MR) is 96.8 cm³/mol. The van der Waals surface area contributed by atoms with Crippen LogP contribution in [0.15, 0.2) is 53.6 Å². The average molecular weight is 342 g/mol. The second kappa shape index (κ2) is 9.28. The number of carbonyl (C=O) groups is 1. The summed E-state index contributed by atoms with van der Waals surface area (Å²) in [4.78, 5) is 9.57. The zero-order valence-corrected chi connectivity index (χ0v) is 14.2. The predicted octanol–water partition coefficient (Wildman–Crippen LogP) is 3.34. The van der Waals surface area contributed by atoms with Crippen LogP contribution in [0.5, 0.6) is 5.75 Å². The highest BCUT2D eigenvalue weighted by Crippen LogP contribution is 2.26. The molecule has 2 rings (SSSR count). The molecule has 0 atom stereocenters. The van der Waals surface area contributed by atoms with Crippen molar-refractivity contribution in [1.82, 2.24) is 0 Å². The second-order valence-corrected chi connectivity index (χ2v) is 5.23. The maximum absolute atomic E-state index is 9.71. The largest absolute Gasteiger partial charge is 0.497 e. The van der Waals surface area contributed by atoms with Crippen molar-refractivity contribution >= 4 is 18.6 Å². The third kappa shape index (κ3) is 5.38. The van der Waals surface area contributed by atoms with Gasteiger partial charge in [-0.05, 0) is 41.8 Å². The minimum atomic E-state index is -1.11. The summed E-state index contributed by atoms with van der Waals surface area (Å²) in [6.07, 6.45) is 0.922. The smallest absolute Gasteiger partial charge is 0.343 e. The molecule has 124 valence electrons. The maximum Gasteiger partial charge on any atom is 0.343 e. The summed E-state index contributed by atoms with van der Waals surface area (Å²) < 4.78 is 5.12. The van der Waals surface area contributed by atoms with Crippen LogP contribution in [0.1, 0.15) is 11.1 Å². The van der Waals surface area contributed by atoms with Gasteiger partial charge in [-0.15, -0.1) is 12.6 Å². The molecule has 0 fully saturated rings. The van der Waals surface area contributed by atoms with Crippen LogP contribution in [0.3, 0.4) is 0 Å². The van der Waals surface area contributed by atoms with Crippen molar-refractivity contribution in [3.8, 4) is 22.9 Å². The van der Waals surface area contributed by atoms with E-state index in [9.17, 15) is 4.79 Å². The number of rotatable bonds is 3. The van der Waals surface area contributed by atoms with Crippen LogP contribution in [-0.2, 0) is 4.79 Å². The molecule has 0 heterocycles. The molecule has 24 heavy (non-hydrogen) atoms. The van der Waals surface area contributed by atoms with Crippen molar-refractivity contribution in [1.29, 1.82) is 5.26 Å². The summed E-state index contributed by atoms with van der Waals surface area (Å²) in [5, 5.41) is 17.1. The van der Waals surface area contributed by atoms with Gasteiger partial charge in [0, 0.05) is 6.20 Å². The maximum atomic E-state index is 9.71. The number of aryl methyl sites for hydroxylation is 1. The average Bonchev–Trinajstić information content (AvgIpc) is 2.61. The fraction of sp³-hybridized carbons (Fsp3) is 0.111. The van der Waals surface area contributed by atoms with Crippen LogP contribution in [0.2, 0.25) is 0 Å².